The van der Waals surface area contributed by atoms with Crippen LogP contribution in [0.4, 0.5) is 0 Å². The lowest BCUT2D eigenvalue weighted by atomic mass is 10.0. The highest BCUT2D eigenvalue weighted by Crippen LogP contribution is 2.12. The van der Waals surface area contributed by atoms with Gasteiger partial charge in [-0.05, 0) is 12.5 Å². The van der Waals surface area contributed by atoms with Crippen LogP contribution in [0.3, 0.4) is 0 Å². The van der Waals surface area contributed by atoms with E-state index < -0.39 is 6.10 Å². The van der Waals surface area contributed by atoms with Crippen molar-refractivity contribution < 1.29 is 9.84 Å². The molecule has 1 aromatic carbocycles. The minimum Gasteiger partial charge on any atom is -0.390 e. The highest BCUT2D eigenvalue weighted by Gasteiger charge is 2.25. The van der Waals surface area contributed by atoms with Crippen LogP contribution in [0.1, 0.15) is 12.5 Å². The maximum absolute atomic E-state index is 10.1. The molecule has 1 fully saturated rings. The third kappa shape index (κ3) is 3.04. The van der Waals surface area contributed by atoms with E-state index in [4.69, 9.17) is 4.74 Å². The summed E-state index contributed by atoms with van der Waals surface area (Å²) in [7, 11) is 0. The molecule has 0 amide bonds. The number of ether oxygens (including phenoxy) is 1. The molecule has 3 heteroatoms. The van der Waals surface area contributed by atoms with Gasteiger partial charge in [0.05, 0.1) is 18.3 Å². The van der Waals surface area contributed by atoms with Crippen LogP contribution >= 0.6 is 0 Å². The number of benzene rings is 1. The molecule has 3 nitrogen and oxygen atoms in total. The lowest BCUT2D eigenvalue weighted by Gasteiger charge is -2.32. The second-order valence-electron chi connectivity index (χ2n) is 4.40. The Hall–Kier alpha value is -0.900. The third-order valence-corrected chi connectivity index (χ3v) is 2.90. The van der Waals surface area contributed by atoms with Crippen LogP contribution in [0, 0.1) is 0 Å². The quantitative estimate of drug-likeness (QED) is 0.799. The summed E-state index contributed by atoms with van der Waals surface area (Å²) in [6, 6.07) is 10.0. The van der Waals surface area contributed by atoms with Crippen LogP contribution in [-0.4, -0.2) is 36.5 Å². The van der Waals surface area contributed by atoms with E-state index in [-0.39, 0.29) is 12.2 Å². The van der Waals surface area contributed by atoms with Gasteiger partial charge >= 0.3 is 0 Å². The van der Waals surface area contributed by atoms with Crippen molar-refractivity contribution >= 4 is 0 Å². The highest BCUT2D eigenvalue weighted by molar-refractivity contribution is 5.15. The summed E-state index contributed by atoms with van der Waals surface area (Å²) in [5, 5.41) is 13.3. The van der Waals surface area contributed by atoms with Crippen molar-refractivity contribution in [2.75, 3.05) is 13.1 Å². The molecule has 1 aliphatic heterocycles. The fourth-order valence-corrected chi connectivity index (χ4v) is 2.04. The fraction of sp³-hybridized carbons (Fsp3) is 0.538. The molecule has 1 heterocycles. The van der Waals surface area contributed by atoms with Crippen LogP contribution in [0.15, 0.2) is 30.3 Å². The number of nitrogens with one attached hydrogen (secondary N) is 1. The Morgan fingerprint density at radius 2 is 2.12 bits per heavy atom. The molecule has 16 heavy (non-hydrogen) atoms. The number of rotatable bonds is 3. The van der Waals surface area contributed by atoms with Crippen molar-refractivity contribution in [3.05, 3.63) is 35.9 Å². The average molecular weight is 221 g/mol. The van der Waals surface area contributed by atoms with Gasteiger partial charge in [-0.3, -0.25) is 0 Å². The van der Waals surface area contributed by atoms with E-state index in [0.29, 0.717) is 6.42 Å². The van der Waals surface area contributed by atoms with Gasteiger partial charge in [-0.15, -0.1) is 0 Å². The molecule has 0 saturated carbocycles. The van der Waals surface area contributed by atoms with Crippen LogP contribution in [0.25, 0.3) is 0 Å². The van der Waals surface area contributed by atoms with Crippen LogP contribution < -0.4 is 5.32 Å². The molecule has 1 saturated heterocycles. The Labute approximate surface area is 96.4 Å². The highest BCUT2D eigenvalue weighted by atomic mass is 16.5. The maximum Gasteiger partial charge on any atom is 0.0965 e. The van der Waals surface area contributed by atoms with Crippen molar-refractivity contribution in [1.82, 2.24) is 5.32 Å². The first-order chi connectivity index (χ1) is 7.75. The summed E-state index contributed by atoms with van der Waals surface area (Å²) in [6.45, 7) is 3.63. The molecule has 2 N–H and O–H groups in total. The van der Waals surface area contributed by atoms with Gasteiger partial charge in [-0.2, -0.15) is 0 Å². The zero-order chi connectivity index (χ0) is 11.4. The zero-order valence-electron chi connectivity index (χ0n) is 9.60. The van der Waals surface area contributed by atoms with Crippen molar-refractivity contribution in [2.45, 2.75) is 31.7 Å². The second kappa shape index (κ2) is 5.43. The molecule has 1 aromatic rings. The molecule has 0 spiro atoms. The first-order valence-corrected chi connectivity index (χ1v) is 5.84. The molecule has 1 unspecified atom stereocenters. The molecule has 3 atom stereocenters. The Morgan fingerprint density at radius 3 is 2.81 bits per heavy atom. The van der Waals surface area contributed by atoms with E-state index in [9.17, 15) is 5.11 Å². The SMILES string of the molecule is C[C@@H]1CNC[C@H](C(O)Cc2ccccc2)O1. The van der Waals surface area contributed by atoms with E-state index in [1.165, 1.54) is 0 Å². The molecule has 0 aliphatic carbocycles. The van der Waals surface area contributed by atoms with Crippen LogP contribution in [-0.2, 0) is 11.2 Å². The summed E-state index contributed by atoms with van der Waals surface area (Å²) < 4.78 is 5.71. The monoisotopic (exact) mass is 221 g/mol. The lowest BCUT2D eigenvalue weighted by Crippen LogP contribution is -2.49. The van der Waals surface area contributed by atoms with E-state index >= 15 is 0 Å². The molecule has 2 rings (SSSR count). The van der Waals surface area contributed by atoms with Crippen molar-refractivity contribution in [3.63, 3.8) is 0 Å². The molecular weight excluding hydrogens is 202 g/mol. The van der Waals surface area contributed by atoms with Gasteiger partial charge in [0.1, 0.15) is 0 Å². The summed E-state index contributed by atoms with van der Waals surface area (Å²) in [4.78, 5) is 0. The number of morpholine rings is 1. The van der Waals surface area contributed by atoms with Gasteiger partial charge in [0.15, 0.2) is 0 Å². The standard InChI is InChI=1S/C13H19NO2/c1-10-8-14-9-13(16-10)12(15)7-11-5-3-2-4-6-11/h2-6,10,12-15H,7-9H2,1H3/t10-,12?,13-/m1/s1. The van der Waals surface area contributed by atoms with Crippen molar-refractivity contribution in [1.29, 1.82) is 0 Å². The third-order valence-electron chi connectivity index (χ3n) is 2.90. The average Bonchev–Trinajstić information content (AvgIpc) is 2.30. The van der Waals surface area contributed by atoms with E-state index in [0.717, 1.165) is 18.7 Å². The Morgan fingerprint density at radius 1 is 1.38 bits per heavy atom. The van der Waals surface area contributed by atoms with Gasteiger partial charge in [0.25, 0.3) is 0 Å². The predicted molar refractivity (Wildman–Crippen MR) is 63.4 cm³/mol. The predicted octanol–water partition coefficient (Wildman–Crippen LogP) is 0.967. The Kier molecular flexibility index (Phi) is 3.93. The fourth-order valence-electron chi connectivity index (χ4n) is 2.04. The summed E-state index contributed by atoms with van der Waals surface area (Å²) >= 11 is 0. The molecule has 0 bridgehead atoms. The van der Waals surface area contributed by atoms with E-state index in [1.807, 2.05) is 37.3 Å². The maximum atomic E-state index is 10.1. The lowest BCUT2D eigenvalue weighted by molar-refractivity contribution is -0.0874. The molecule has 0 radical (unpaired) electrons. The number of aliphatic hydroxyl groups excluding tert-OH is 1. The Balaban J connectivity index is 1.90. The summed E-state index contributed by atoms with van der Waals surface area (Å²) in [6.07, 6.45) is 0.311. The molecule has 0 aromatic heterocycles. The van der Waals surface area contributed by atoms with Gasteiger partial charge in [0.2, 0.25) is 0 Å². The van der Waals surface area contributed by atoms with Gasteiger partial charge in [-0.1, -0.05) is 30.3 Å². The van der Waals surface area contributed by atoms with E-state index in [2.05, 4.69) is 5.32 Å². The Bertz CT molecular complexity index is 315. The zero-order valence-corrected chi connectivity index (χ0v) is 9.60. The second-order valence-corrected chi connectivity index (χ2v) is 4.40. The largest absolute Gasteiger partial charge is 0.390 e. The first kappa shape index (κ1) is 11.6. The normalized spacial score (nSPS) is 27.6. The number of aliphatic hydroxyl groups is 1. The minimum atomic E-state index is -0.433. The smallest absolute Gasteiger partial charge is 0.0965 e. The van der Waals surface area contributed by atoms with Gasteiger partial charge < -0.3 is 15.2 Å². The summed E-state index contributed by atoms with van der Waals surface area (Å²) in [5.74, 6) is 0. The van der Waals surface area contributed by atoms with Crippen LogP contribution in [0.2, 0.25) is 0 Å². The minimum absolute atomic E-state index is 0.0936. The van der Waals surface area contributed by atoms with Gasteiger partial charge in [-0.25, -0.2) is 0 Å². The number of hydrogen-bond acceptors (Lipinski definition) is 3. The summed E-state index contributed by atoms with van der Waals surface area (Å²) in [5.41, 5.74) is 1.15. The molecule has 88 valence electrons. The molecular formula is C13H19NO2. The van der Waals surface area contributed by atoms with Gasteiger partial charge in [0, 0.05) is 19.5 Å². The van der Waals surface area contributed by atoms with Crippen molar-refractivity contribution in [2.24, 2.45) is 0 Å². The molecule has 1 aliphatic rings. The van der Waals surface area contributed by atoms with Crippen LogP contribution in [0.5, 0.6) is 0 Å². The van der Waals surface area contributed by atoms with Crippen molar-refractivity contribution in [3.8, 4) is 0 Å². The van der Waals surface area contributed by atoms with E-state index in [1.54, 1.807) is 0 Å². The topological polar surface area (TPSA) is 41.5 Å². The number of hydrogen-bond donors (Lipinski definition) is 2. The first-order valence-electron chi connectivity index (χ1n) is 5.84.